The molecule has 0 aliphatic heterocycles. The second-order valence-corrected chi connectivity index (χ2v) is 4.32. The van der Waals surface area contributed by atoms with Crippen LogP contribution in [0.25, 0.3) is 21.8 Å². The summed E-state index contributed by atoms with van der Waals surface area (Å²) in [5, 5.41) is 1.59. The van der Waals surface area contributed by atoms with Gasteiger partial charge in [0.1, 0.15) is 0 Å². The molecule has 0 amide bonds. The number of nitrogens with zero attached hydrogens (tertiary/aromatic N) is 1. The first-order valence-electron chi connectivity index (χ1n) is 6.28. The zero-order chi connectivity index (χ0) is 14.1. The second kappa shape index (κ2) is 4.77. The van der Waals surface area contributed by atoms with Crippen molar-refractivity contribution in [3.8, 4) is 0 Å². The molecule has 0 fully saturated rings. The largest absolute Gasteiger partial charge is 0.461 e. The predicted octanol–water partition coefficient (Wildman–Crippen LogP) is 2.71. The van der Waals surface area contributed by atoms with Gasteiger partial charge < -0.3 is 9.72 Å². The van der Waals surface area contributed by atoms with Crippen LogP contribution < -0.4 is 0 Å². The number of fused-ring (bicyclic) bond motifs is 3. The Balaban J connectivity index is 2.37. The van der Waals surface area contributed by atoms with Gasteiger partial charge in [0, 0.05) is 16.3 Å². The van der Waals surface area contributed by atoms with Gasteiger partial charge in [-0.2, -0.15) is 0 Å². The number of benzene rings is 1. The van der Waals surface area contributed by atoms with Gasteiger partial charge >= 0.3 is 5.97 Å². The summed E-state index contributed by atoms with van der Waals surface area (Å²) in [4.78, 5) is 30.5. The van der Waals surface area contributed by atoms with Crippen molar-refractivity contribution in [2.24, 2.45) is 0 Å². The van der Waals surface area contributed by atoms with Crippen LogP contribution in [0.4, 0.5) is 0 Å². The average Bonchev–Trinajstić information content (AvgIpc) is 2.85. The van der Waals surface area contributed by atoms with Crippen molar-refractivity contribution in [1.82, 2.24) is 9.97 Å². The van der Waals surface area contributed by atoms with Gasteiger partial charge in [-0.25, -0.2) is 9.78 Å². The Kier molecular flexibility index (Phi) is 2.95. The summed E-state index contributed by atoms with van der Waals surface area (Å²) in [6.45, 7) is 1.95. The number of carbonyl (C=O) groups is 2. The fraction of sp³-hybridized carbons (Fsp3) is 0.133. The van der Waals surface area contributed by atoms with Crippen molar-refractivity contribution in [2.45, 2.75) is 6.92 Å². The molecule has 0 saturated carbocycles. The van der Waals surface area contributed by atoms with Gasteiger partial charge in [-0.3, -0.25) is 4.79 Å². The molecule has 5 heteroatoms. The first-order chi connectivity index (χ1) is 9.76. The Bertz CT molecular complexity index is 820. The van der Waals surface area contributed by atoms with Crippen LogP contribution in [0.15, 0.2) is 30.5 Å². The summed E-state index contributed by atoms with van der Waals surface area (Å²) < 4.78 is 4.94. The van der Waals surface area contributed by atoms with E-state index in [9.17, 15) is 9.59 Å². The van der Waals surface area contributed by atoms with Gasteiger partial charge in [-0.1, -0.05) is 18.2 Å². The monoisotopic (exact) mass is 268 g/mol. The third-order valence-corrected chi connectivity index (χ3v) is 3.17. The number of nitrogens with one attached hydrogen (secondary N) is 1. The summed E-state index contributed by atoms with van der Waals surface area (Å²) in [5.74, 6) is -0.582. The van der Waals surface area contributed by atoms with Crippen LogP contribution in [0.3, 0.4) is 0 Å². The number of H-pyrrole nitrogens is 1. The summed E-state index contributed by atoms with van der Waals surface area (Å²) >= 11 is 0. The quantitative estimate of drug-likeness (QED) is 0.585. The third kappa shape index (κ3) is 1.75. The molecule has 0 unspecified atom stereocenters. The van der Waals surface area contributed by atoms with Crippen molar-refractivity contribution in [3.63, 3.8) is 0 Å². The highest BCUT2D eigenvalue weighted by atomic mass is 16.5. The van der Waals surface area contributed by atoms with E-state index >= 15 is 0 Å². The number of ether oxygens (including phenoxy) is 1. The number of pyridine rings is 1. The lowest BCUT2D eigenvalue weighted by Gasteiger charge is -2.04. The topological polar surface area (TPSA) is 72.0 Å². The molecule has 20 heavy (non-hydrogen) atoms. The van der Waals surface area contributed by atoms with Gasteiger partial charge in [0.05, 0.1) is 23.9 Å². The van der Waals surface area contributed by atoms with Gasteiger partial charge in [-0.15, -0.1) is 0 Å². The molecule has 0 aliphatic carbocycles. The Morgan fingerprint density at radius 2 is 2.15 bits per heavy atom. The first kappa shape index (κ1) is 12.3. The molecule has 5 nitrogen and oxygen atoms in total. The molecule has 0 atom stereocenters. The molecule has 2 aromatic heterocycles. The minimum absolute atomic E-state index is 0.0547. The molecule has 3 aromatic rings. The van der Waals surface area contributed by atoms with E-state index in [-0.39, 0.29) is 17.9 Å². The van der Waals surface area contributed by atoms with Gasteiger partial charge in [0.2, 0.25) is 0 Å². The van der Waals surface area contributed by atoms with E-state index in [0.29, 0.717) is 11.7 Å². The van der Waals surface area contributed by atoms with E-state index < -0.39 is 5.97 Å². The van der Waals surface area contributed by atoms with Crippen molar-refractivity contribution in [2.75, 3.05) is 6.61 Å². The fourth-order valence-electron chi connectivity index (χ4n) is 2.34. The minimum atomic E-state index is -0.582. The number of para-hydroxylation sites is 1. The molecule has 1 N–H and O–H groups in total. The summed E-state index contributed by atoms with van der Waals surface area (Å²) in [6.07, 6.45) is 2.20. The van der Waals surface area contributed by atoms with E-state index in [0.717, 1.165) is 16.4 Å². The van der Waals surface area contributed by atoms with Crippen molar-refractivity contribution in [3.05, 3.63) is 41.7 Å². The Morgan fingerprint density at radius 3 is 2.90 bits per heavy atom. The summed E-state index contributed by atoms with van der Waals surface area (Å²) in [5.41, 5.74) is 1.94. The highest BCUT2D eigenvalue weighted by Gasteiger charge is 2.19. The molecule has 1 aromatic carbocycles. The molecule has 2 heterocycles. The van der Waals surface area contributed by atoms with E-state index in [1.54, 1.807) is 13.1 Å². The van der Waals surface area contributed by atoms with Crippen molar-refractivity contribution in [1.29, 1.82) is 0 Å². The third-order valence-electron chi connectivity index (χ3n) is 3.17. The van der Waals surface area contributed by atoms with Gasteiger partial charge in [-0.05, 0) is 13.0 Å². The van der Waals surface area contributed by atoms with E-state index in [4.69, 9.17) is 4.74 Å². The maximum Gasteiger partial charge on any atom is 0.357 e. The van der Waals surface area contributed by atoms with Crippen LogP contribution in [-0.4, -0.2) is 28.8 Å². The maximum atomic E-state index is 11.9. The lowest BCUT2D eigenvalue weighted by Crippen LogP contribution is -2.10. The Labute approximate surface area is 114 Å². The molecule has 0 spiro atoms. The molecule has 0 aliphatic rings. The normalized spacial score (nSPS) is 10.8. The predicted molar refractivity (Wildman–Crippen MR) is 74.9 cm³/mol. The maximum absolute atomic E-state index is 11.9. The lowest BCUT2D eigenvalue weighted by molar-refractivity contribution is 0.0517. The second-order valence-electron chi connectivity index (χ2n) is 4.32. The zero-order valence-electron chi connectivity index (χ0n) is 10.8. The van der Waals surface area contributed by atoms with Crippen molar-refractivity contribution < 1.29 is 14.3 Å². The molecule has 0 radical (unpaired) electrons. The van der Waals surface area contributed by atoms with Crippen LogP contribution in [0, 0.1) is 0 Å². The number of hydrogen-bond acceptors (Lipinski definition) is 4. The number of aromatic nitrogens is 2. The number of carbonyl (C=O) groups excluding carboxylic acids is 2. The van der Waals surface area contributed by atoms with E-state index in [2.05, 4.69) is 9.97 Å². The fourth-order valence-corrected chi connectivity index (χ4v) is 2.34. The van der Waals surface area contributed by atoms with E-state index in [1.807, 2.05) is 24.3 Å². The molecular weight excluding hydrogens is 256 g/mol. The highest BCUT2D eigenvalue weighted by Crippen LogP contribution is 2.28. The minimum Gasteiger partial charge on any atom is -0.461 e. The molecule has 0 saturated heterocycles. The highest BCUT2D eigenvalue weighted by molar-refractivity contribution is 6.16. The van der Waals surface area contributed by atoms with Crippen LogP contribution >= 0.6 is 0 Å². The SMILES string of the molecule is CCOC(=O)c1ncc2[nH]c3ccccc3c2c1C=O. The van der Waals surface area contributed by atoms with Crippen LogP contribution in [0.5, 0.6) is 0 Å². The molecule has 3 rings (SSSR count). The first-order valence-corrected chi connectivity index (χ1v) is 6.28. The smallest absolute Gasteiger partial charge is 0.357 e. The summed E-state index contributed by atoms with van der Waals surface area (Å²) in [7, 11) is 0. The average molecular weight is 268 g/mol. The molecule has 100 valence electrons. The number of aromatic amines is 1. The standard InChI is InChI=1S/C15H12N2O3/c1-2-20-15(19)14-10(8-18)13-9-5-3-4-6-11(9)17-12(13)7-16-14/h3-8,17H,2H2,1H3. The van der Waals surface area contributed by atoms with Gasteiger partial charge in [0.25, 0.3) is 0 Å². The Hall–Kier alpha value is -2.69. The summed E-state index contributed by atoms with van der Waals surface area (Å²) in [6, 6.07) is 7.59. The zero-order valence-corrected chi connectivity index (χ0v) is 10.8. The van der Waals surface area contributed by atoms with Crippen molar-refractivity contribution >= 4 is 34.1 Å². The Morgan fingerprint density at radius 1 is 1.35 bits per heavy atom. The van der Waals surface area contributed by atoms with Gasteiger partial charge in [0.15, 0.2) is 12.0 Å². The van der Waals surface area contributed by atoms with E-state index in [1.165, 1.54) is 0 Å². The van der Waals surface area contributed by atoms with Crippen LogP contribution in [0.1, 0.15) is 27.8 Å². The number of aldehydes is 1. The molecule has 0 bridgehead atoms. The number of hydrogen-bond donors (Lipinski definition) is 1. The molecular formula is C15H12N2O3. The van der Waals surface area contributed by atoms with Crippen LogP contribution in [0.2, 0.25) is 0 Å². The number of esters is 1. The van der Waals surface area contributed by atoms with Crippen LogP contribution in [-0.2, 0) is 4.74 Å². The lowest BCUT2D eigenvalue weighted by atomic mass is 10.1. The number of rotatable bonds is 3.